The summed E-state index contributed by atoms with van der Waals surface area (Å²) >= 11 is 0. The molecule has 1 aromatic rings. The summed E-state index contributed by atoms with van der Waals surface area (Å²) in [5.41, 5.74) is 0. The van der Waals surface area contributed by atoms with Crippen molar-refractivity contribution in [2.75, 3.05) is 26.2 Å². The molecule has 0 atom stereocenters. The lowest BCUT2D eigenvalue weighted by Gasteiger charge is -2.19. The molecule has 1 fully saturated rings. The van der Waals surface area contributed by atoms with Crippen LogP contribution in [0.1, 0.15) is 44.9 Å². The van der Waals surface area contributed by atoms with Gasteiger partial charge in [0.1, 0.15) is 0 Å². The molecule has 0 unspecified atom stereocenters. The lowest BCUT2D eigenvalue weighted by Crippen LogP contribution is -2.26. The molecule has 0 aliphatic carbocycles. The molecule has 0 saturated carbocycles. The number of sulfonamides is 1. The van der Waals surface area contributed by atoms with Crippen molar-refractivity contribution in [3.05, 3.63) is 30.3 Å². The topological polar surface area (TPSA) is 49.4 Å². The van der Waals surface area contributed by atoms with Gasteiger partial charge in [0.05, 0.1) is 4.90 Å². The van der Waals surface area contributed by atoms with E-state index in [4.69, 9.17) is 0 Å². The molecular formula is C17H28N2O2S. The fraction of sp³-hybridized carbons (Fsp3) is 0.647. The van der Waals surface area contributed by atoms with Crippen molar-refractivity contribution >= 4 is 10.0 Å². The number of nitrogens with one attached hydrogen (secondary N) is 1. The monoisotopic (exact) mass is 324 g/mol. The summed E-state index contributed by atoms with van der Waals surface area (Å²) in [7, 11) is -3.33. The van der Waals surface area contributed by atoms with Gasteiger partial charge in [-0.1, -0.05) is 37.5 Å². The molecule has 124 valence electrons. The maximum Gasteiger partial charge on any atom is 0.240 e. The van der Waals surface area contributed by atoms with Gasteiger partial charge >= 0.3 is 0 Å². The highest BCUT2D eigenvalue weighted by atomic mass is 32.2. The normalized spacial score (nSPS) is 17.3. The van der Waals surface area contributed by atoms with Crippen molar-refractivity contribution in [3.63, 3.8) is 0 Å². The summed E-state index contributed by atoms with van der Waals surface area (Å²) in [5.74, 6) is 0. The van der Waals surface area contributed by atoms with Crippen LogP contribution in [-0.4, -0.2) is 39.5 Å². The summed E-state index contributed by atoms with van der Waals surface area (Å²) in [6.45, 7) is 4.16. The molecule has 1 saturated heterocycles. The van der Waals surface area contributed by atoms with Gasteiger partial charge in [-0.25, -0.2) is 13.1 Å². The third-order valence-electron chi connectivity index (χ3n) is 4.20. The Labute approximate surface area is 135 Å². The lowest BCUT2D eigenvalue weighted by molar-refractivity contribution is 0.278. The van der Waals surface area contributed by atoms with Crippen molar-refractivity contribution in [3.8, 4) is 0 Å². The predicted octanol–water partition coefficient (Wildman–Crippen LogP) is 3.01. The van der Waals surface area contributed by atoms with Crippen LogP contribution >= 0.6 is 0 Å². The van der Waals surface area contributed by atoms with Crippen molar-refractivity contribution in [1.82, 2.24) is 9.62 Å². The van der Waals surface area contributed by atoms with E-state index < -0.39 is 10.0 Å². The zero-order chi connectivity index (χ0) is 15.7. The Morgan fingerprint density at radius 1 is 0.909 bits per heavy atom. The fourth-order valence-electron chi connectivity index (χ4n) is 2.89. The Bertz CT molecular complexity index is 509. The standard InChI is InChI=1S/C17H28N2O2S/c20-22(21,17-11-5-3-6-12-17)18-13-7-4-10-16-19-14-8-1-2-9-15-19/h3,5-6,11-12,18H,1-2,4,7-10,13-16H2. The molecule has 0 bridgehead atoms. The molecule has 5 heteroatoms. The van der Waals surface area contributed by atoms with Crippen molar-refractivity contribution in [1.29, 1.82) is 0 Å². The van der Waals surface area contributed by atoms with E-state index in [9.17, 15) is 8.42 Å². The molecule has 0 spiro atoms. The Morgan fingerprint density at radius 3 is 2.27 bits per heavy atom. The molecule has 1 N–H and O–H groups in total. The molecule has 4 nitrogen and oxygen atoms in total. The largest absolute Gasteiger partial charge is 0.303 e. The molecule has 22 heavy (non-hydrogen) atoms. The first-order valence-corrected chi connectivity index (χ1v) is 9.94. The Balaban J connectivity index is 1.59. The smallest absolute Gasteiger partial charge is 0.240 e. The van der Waals surface area contributed by atoms with Crippen molar-refractivity contribution < 1.29 is 8.42 Å². The maximum atomic E-state index is 12.0. The third-order valence-corrected chi connectivity index (χ3v) is 5.67. The van der Waals surface area contributed by atoms with Gasteiger partial charge in [-0.15, -0.1) is 0 Å². The second kappa shape index (κ2) is 9.28. The Morgan fingerprint density at radius 2 is 1.59 bits per heavy atom. The van der Waals surface area contributed by atoms with E-state index in [0.29, 0.717) is 11.4 Å². The minimum absolute atomic E-state index is 0.347. The highest BCUT2D eigenvalue weighted by Gasteiger charge is 2.12. The number of likely N-dealkylation sites (tertiary alicyclic amines) is 1. The van der Waals surface area contributed by atoms with Gasteiger partial charge in [0.15, 0.2) is 0 Å². The number of benzene rings is 1. The Kier molecular flexibility index (Phi) is 7.36. The SMILES string of the molecule is O=S(=O)(NCCCCCN1CCCCCC1)c1ccccc1. The van der Waals surface area contributed by atoms with Crippen LogP contribution in [0.2, 0.25) is 0 Å². The molecule has 1 aliphatic rings. The van der Waals surface area contributed by atoms with E-state index in [1.54, 1.807) is 24.3 Å². The summed E-state index contributed by atoms with van der Waals surface area (Å²) < 4.78 is 26.7. The fourth-order valence-corrected chi connectivity index (χ4v) is 3.98. The first kappa shape index (κ1) is 17.4. The van der Waals surface area contributed by atoms with E-state index in [1.807, 2.05) is 6.07 Å². The van der Waals surface area contributed by atoms with Crippen LogP contribution in [0.15, 0.2) is 35.2 Å². The molecule has 0 radical (unpaired) electrons. The van der Waals surface area contributed by atoms with E-state index in [-0.39, 0.29) is 0 Å². The van der Waals surface area contributed by atoms with Crippen LogP contribution in [0.4, 0.5) is 0 Å². The van der Waals surface area contributed by atoms with Crippen LogP contribution < -0.4 is 4.72 Å². The summed E-state index contributed by atoms with van der Waals surface area (Å²) in [6, 6.07) is 8.57. The van der Waals surface area contributed by atoms with Gasteiger partial charge in [-0.2, -0.15) is 0 Å². The number of hydrogen-bond donors (Lipinski definition) is 1. The van der Waals surface area contributed by atoms with Gasteiger partial charge in [-0.05, 0) is 57.5 Å². The average molecular weight is 324 g/mol. The van der Waals surface area contributed by atoms with E-state index in [1.165, 1.54) is 38.8 Å². The van der Waals surface area contributed by atoms with Crippen LogP contribution in [0.3, 0.4) is 0 Å². The second-order valence-corrected chi connectivity index (χ2v) is 7.79. The first-order valence-electron chi connectivity index (χ1n) is 8.45. The van der Waals surface area contributed by atoms with Gasteiger partial charge in [0, 0.05) is 6.54 Å². The molecule has 0 aromatic heterocycles. The van der Waals surface area contributed by atoms with Gasteiger partial charge in [-0.3, -0.25) is 0 Å². The van der Waals surface area contributed by atoms with E-state index >= 15 is 0 Å². The predicted molar refractivity (Wildman–Crippen MR) is 90.4 cm³/mol. The quantitative estimate of drug-likeness (QED) is 0.748. The van der Waals surface area contributed by atoms with E-state index in [2.05, 4.69) is 9.62 Å². The zero-order valence-corrected chi connectivity index (χ0v) is 14.2. The maximum absolute atomic E-state index is 12.0. The molecule has 1 heterocycles. The molecular weight excluding hydrogens is 296 g/mol. The van der Waals surface area contributed by atoms with Crippen LogP contribution in [0, 0.1) is 0 Å². The van der Waals surface area contributed by atoms with Crippen molar-refractivity contribution in [2.45, 2.75) is 49.8 Å². The van der Waals surface area contributed by atoms with Gasteiger partial charge < -0.3 is 4.90 Å². The van der Waals surface area contributed by atoms with Crippen LogP contribution in [-0.2, 0) is 10.0 Å². The number of rotatable bonds is 8. The lowest BCUT2D eigenvalue weighted by atomic mass is 10.2. The Hall–Kier alpha value is -0.910. The summed E-state index contributed by atoms with van der Waals surface area (Å²) in [6.07, 6.45) is 8.55. The number of unbranched alkanes of at least 4 members (excludes halogenated alkanes) is 2. The number of nitrogens with zero attached hydrogens (tertiary/aromatic N) is 1. The first-order chi connectivity index (χ1) is 10.7. The summed E-state index contributed by atoms with van der Waals surface area (Å²) in [5, 5.41) is 0. The van der Waals surface area contributed by atoms with Crippen LogP contribution in [0.25, 0.3) is 0 Å². The third kappa shape index (κ3) is 6.07. The molecule has 0 amide bonds. The summed E-state index contributed by atoms with van der Waals surface area (Å²) in [4.78, 5) is 2.90. The van der Waals surface area contributed by atoms with Gasteiger partial charge in [0.25, 0.3) is 0 Å². The second-order valence-electron chi connectivity index (χ2n) is 6.03. The zero-order valence-electron chi connectivity index (χ0n) is 13.3. The molecule has 2 rings (SSSR count). The molecule has 1 aromatic carbocycles. The van der Waals surface area contributed by atoms with Crippen molar-refractivity contribution in [2.24, 2.45) is 0 Å². The van der Waals surface area contributed by atoms with Crippen LogP contribution in [0.5, 0.6) is 0 Å². The van der Waals surface area contributed by atoms with Gasteiger partial charge in [0.2, 0.25) is 10.0 Å². The highest BCUT2D eigenvalue weighted by Crippen LogP contribution is 2.11. The minimum Gasteiger partial charge on any atom is -0.303 e. The minimum atomic E-state index is -3.33. The highest BCUT2D eigenvalue weighted by molar-refractivity contribution is 7.89. The molecule has 1 aliphatic heterocycles. The van der Waals surface area contributed by atoms with E-state index in [0.717, 1.165) is 25.8 Å². The number of hydrogen-bond acceptors (Lipinski definition) is 3. The average Bonchev–Trinajstić information content (AvgIpc) is 2.80.